The Balaban J connectivity index is 1.21. The molecule has 0 atom stereocenters. The van der Waals surface area contributed by atoms with Crippen LogP contribution >= 0.6 is 11.6 Å². The molecule has 1 aliphatic heterocycles. The summed E-state index contributed by atoms with van der Waals surface area (Å²) < 4.78 is 11.3. The van der Waals surface area contributed by atoms with Gasteiger partial charge in [0.25, 0.3) is 0 Å². The molecule has 0 spiro atoms. The molecule has 0 aliphatic carbocycles. The van der Waals surface area contributed by atoms with Gasteiger partial charge >= 0.3 is 12.1 Å². The monoisotopic (exact) mass is 611 g/mol. The second-order valence-electron chi connectivity index (χ2n) is 12.0. The van der Waals surface area contributed by atoms with Crippen molar-refractivity contribution in [3.8, 4) is 5.75 Å². The van der Waals surface area contributed by atoms with Gasteiger partial charge in [-0.2, -0.15) is 4.98 Å². The summed E-state index contributed by atoms with van der Waals surface area (Å²) in [4.78, 5) is 41.7. The van der Waals surface area contributed by atoms with Gasteiger partial charge in [0.2, 0.25) is 5.28 Å². The van der Waals surface area contributed by atoms with Crippen LogP contribution in [0.3, 0.4) is 0 Å². The van der Waals surface area contributed by atoms with Crippen molar-refractivity contribution < 1.29 is 19.1 Å². The number of carbonyl (C=O) groups excluding carboxylic acids is 2. The normalized spacial score (nSPS) is 13.8. The summed E-state index contributed by atoms with van der Waals surface area (Å²) in [5.41, 5.74) is 3.78. The van der Waals surface area contributed by atoms with Gasteiger partial charge in [-0.3, -0.25) is 4.79 Å². The largest absolute Gasteiger partial charge is 0.445 e. The molecule has 0 bridgehead atoms. The zero-order valence-electron chi connectivity index (χ0n) is 25.0. The van der Waals surface area contributed by atoms with E-state index in [0.717, 1.165) is 38.5 Å². The number of hydrogen-bond donors (Lipinski definition) is 1. The molecular weight excluding hydrogens is 578 g/mol. The molecule has 44 heavy (non-hydrogen) atoms. The second-order valence-corrected chi connectivity index (χ2v) is 12.3. The van der Waals surface area contributed by atoms with E-state index in [-0.39, 0.29) is 24.0 Å². The maximum absolute atomic E-state index is 12.7. The van der Waals surface area contributed by atoms with Gasteiger partial charge in [0.1, 0.15) is 17.9 Å². The van der Waals surface area contributed by atoms with Crippen LogP contribution in [0.1, 0.15) is 37.5 Å². The third-order valence-corrected chi connectivity index (χ3v) is 7.89. The molecule has 3 aromatic carbocycles. The molecule has 0 saturated carbocycles. The highest BCUT2D eigenvalue weighted by Gasteiger charge is 2.27. The molecule has 1 fully saturated rings. The van der Waals surface area contributed by atoms with Crippen LogP contribution in [0.15, 0.2) is 72.9 Å². The van der Waals surface area contributed by atoms with Gasteiger partial charge in [-0.05, 0) is 66.4 Å². The number of nitrogens with one attached hydrogen (secondary N) is 1. The van der Waals surface area contributed by atoms with E-state index in [0.29, 0.717) is 44.2 Å². The van der Waals surface area contributed by atoms with E-state index < -0.39 is 5.41 Å². The van der Waals surface area contributed by atoms with Crippen LogP contribution in [-0.4, -0.2) is 58.1 Å². The molecule has 1 amide bonds. The maximum atomic E-state index is 12.7. The molecule has 9 nitrogen and oxygen atoms in total. The summed E-state index contributed by atoms with van der Waals surface area (Å²) in [7, 11) is 0. The quantitative estimate of drug-likeness (QED) is 0.128. The first-order valence-electron chi connectivity index (χ1n) is 14.6. The van der Waals surface area contributed by atoms with Crippen LogP contribution in [0.5, 0.6) is 5.75 Å². The van der Waals surface area contributed by atoms with Crippen LogP contribution in [0, 0.1) is 5.41 Å². The molecule has 5 aromatic rings. The standard InChI is InChI=1S/C34H34ClN5O4/c1-34(2,3)31(41)44-26-18-23-11-7-8-12-27(23)24(19-26)17-25-20-36-29-28(25)37-32(35)38-30(29)39-13-15-40(16-14-39)33(42)43-21-22-9-5-4-6-10-22/h4-12,18-20,36H,13-17,21H2,1-3H3. The Kier molecular flexibility index (Phi) is 8.14. The first kappa shape index (κ1) is 29.4. The van der Waals surface area contributed by atoms with Crippen LogP contribution in [0.4, 0.5) is 10.6 Å². The highest BCUT2D eigenvalue weighted by Crippen LogP contribution is 2.33. The summed E-state index contributed by atoms with van der Waals surface area (Å²) in [6, 6.07) is 21.5. The van der Waals surface area contributed by atoms with E-state index in [1.54, 1.807) is 4.90 Å². The minimum atomic E-state index is -0.624. The first-order valence-corrected chi connectivity index (χ1v) is 15.0. The fraction of sp³-hybridized carbons (Fsp3) is 0.294. The Morgan fingerprint density at radius 1 is 0.932 bits per heavy atom. The van der Waals surface area contributed by atoms with Crippen molar-refractivity contribution in [3.63, 3.8) is 0 Å². The fourth-order valence-electron chi connectivity index (χ4n) is 5.32. The van der Waals surface area contributed by atoms with E-state index in [2.05, 4.69) is 25.9 Å². The van der Waals surface area contributed by atoms with E-state index in [1.165, 1.54) is 0 Å². The van der Waals surface area contributed by atoms with Crippen LogP contribution < -0.4 is 9.64 Å². The average Bonchev–Trinajstić information content (AvgIpc) is 3.41. The lowest BCUT2D eigenvalue weighted by Gasteiger charge is -2.34. The Labute approximate surface area is 260 Å². The summed E-state index contributed by atoms with van der Waals surface area (Å²) >= 11 is 6.47. The number of fused-ring (bicyclic) bond motifs is 2. The average molecular weight is 612 g/mol. The van der Waals surface area contributed by atoms with E-state index in [9.17, 15) is 9.59 Å². The van der Waals surface area contributed by atoms with Crippen LogP contribution in [-0.2, 0) is 22.6 Å². The van der Waals surface area contributed by atoms with Gasteiger partial charge in [-0.1, -0.05) is 54.6 Å². The number of ether oxygens (including phenoxy) is 2. The van der Waals surface area contributed by atoms with Crippen molar-refractivity contribution in [3.05, 3.63) is 94.9 Å². The van der Waals surface area contributed by atoms with Crippen molar-refractivity contribution in [1.82, 2.24) is 19.9 Å². The minimum absolute atomic E-state index is 0.149. The fourth-order valence-corrected chi connectivity index (χ4v) is 5.49. The molecule has 3 heterocycles. The van der Waals surface area contributed by atoms with Crippen LogP contribution in [0.2, 0.25) is 5.28 Å². The summed E-state index contributed by atoms with van der Waals surface area (Å²) in [6.07, 6.45) is 2.14. The Morgan fingerprint density at radius 3 is 2.41 bits per heavy atom. The van der Waals surface area contributed by atoms with Crippen molar-refractivity contribution in [1.29, 1.82) is 0 Å². The highest BCUT2D eigenvalue weighted by molar-refractivity contribution is 6.28. The number of benzene rings is 3. The van der Waals surface area contributed by atoms with Crippen molar-refractivity contribution in [2.75, 3.05) is 31.1 Å². The van der Waals surface area contributed by atoms with Gasteiger partial charge in [0.15, 0.2) is 5.82 Å². The lowest BCUT2D eigenvalue weighted by atomic mass is 9.97. The maximum Gasteiger partial charge on any atom is 0.410 e. The number of amides is 1. The third kappa shape index (κ3) is 6.33. The van der Waals surface area contributed by atoms with Gasteiger partial charge < -0.3 is 24.3 Å². The van der Waals surface area contributed by atoms with Gasteiger partial charge in [-0.15, -0.1) is 0 Å². The number of hydrogen-bond acceptors (Lipinski definition) is 7. The number of aromatic nitrogens is 3. The van der Waals surface area contributed by atoms with E-state index in [4.69, 9.17) is 21.1 Å². The number of halogens is 1. The van der Waals surface area contributed by atoms with Gasteiger partial charge in [0, 0.05) is 44.4 Å². The zero-order chi connectivity index (χ0) is 30.8. The number of H-pyrrole nitrogens is 1. The highest BCUT2D eigenvalue weighted by atomic mass is 35.5. The molecule has 0 radical (unpaired) electrons. The van der Waals surface area contributed by atoms with Gasteiger partial charge in [0.05, 0.1) is 10.9 Å². The number of nitrogens with zero attached hydrogens (tertiary/aromatic N) is 4. The topological polar surface area (TPSA) is 101 Å². The van der Waals surface area contributed by atoms with Crippen molar-refractivity contribution in [2.24, 2.45) is 5.41 Å². The number of rotatable bonds is 6. The summed E-state index contributed by atoms with van der Waals surface area (Å²) in [6.45, 7) is 7.88. The number of carbonyl (C=O) groups is 2. The molecule has 0 unspecified atom stereocenters. The lowest BCUT2D eigenvalue weighted by molar-refractivity contribution is -0.142. The first-order chi connectivity index (χ1) is 21.2. The zero-order valence-corrected chi connectivity index (χ0v) is 25.7. The molecule has 226 valence electrons. The molecule has 6 rings (SSSR count). The number of esters is 1. The van der Waals surface area contributed by atoms with E-state index in [1.807, 2.05) is 87.6 Å². The number of anilines is 1. The Morgan fingerprint density at radius 2 is 1.66 bits per heavy atom. The van der Waals surface area contributed by atoms with Gasteiger partial charge in [-0.25, -0.2) is 9.78 Å². The summed E-state index contributed by atoms with van der Waals surface area (Å²) in [5, 5.41) is 2.19. The third-order valence-electron chi connectivity index (χ3n) is 7.72. The predicted octanol–water partition coefficient (Wildman–Crippen LogP) is 6.77. The molecular formula is C34H34ClN5O4. The molecule has 1 saturated heterocycles. The molecule has 1 aliphatic rings. The minimum Gasteiger partial charge on any atom is -0.445 e. The van der Waals surface area contributed by atoms with Crippen LogP contribution in [0.25, 0.3) is 21.8 Å². The molecule has 2 aromatic heterocycles. The summed E-state index contributed by atoms with van der Waals surface area (Å²) in [5.74, 6) is 0.910. The molecule has 10 heteroatoms. The van der Waals surface area contributed by atoms with Crippen molar-refractivity contribution in [2.45, 2.75) is 33.8 Å². The smallest absolute Gasteiger partial charge is 0.410 e. The van der Waals surface area contributed by atoms with Crippen molar-refractivity contribution >= 4 is 51.3 Å². The lowest BCUT2D eigenvalue weighted by Crippen LogP contribution is -2.49. The number of aromatic amines is 1. The Bertz CT molecular complexity index is 1820. The predicted molar refractivity (Wildman–Crippen MR) is 171 cm³/mol. The molecule has 1 N–H and O–H groups in total. The Hall–Kier alpha value is -4.63. The SMILES string of the molecule is CC(C)(C)C(=O)Oc1cc(Cc2c[nH]c3c(N4CCN(C(=O)OCc5ccccc5)CC4)nc(Cl)nc23)c2ccccc2c1. The van der Waals surface area contributed by atoms with E-state index >= 15 is 0 Å². The number of piperazine rings is 1. The second kappa shape index (κ2) is 12.2.